The molecule has 0 spiro atoms. The quantitative estimate of drug-likeness (QED) is 0.305. The normalized spacial score (nSPS) is 15.7. The molecule has 4 atom stereocenters. The van der Waals surface area contributed by atoms with Gasteiger partial charge in [-0.1, -0.05) is 0 Å². The lowest BCUT2D eigenvalue weighted by Gasteiger charge is -2.31. The zero-order chi connectivity index (χ0) is 21.1. The standard InChI is InChI=1S/C18H28Cl4N2O4/c19-5-15(25)9-23(10-16(26)6-20)13-1-2-14(4-3-13)24(11-17(27)7-21)12-18(28)8-22/h1-4,15-18,25-28H,5-12H2. The molecular weight excluding hydrogens is 450 g/mol. The molecular formula is C18H28Cl4N2O4. The van der Waals surface area contributed by atoms with E-state index in [-0.39, 0.29) is 49.7 Å². The van der Waals surface area contributed by atoms with Crippen molar-refractivity contribution in [1.82, 2.24) is 0 Å². The van der Waals surface area contributed by atoms with Crippen molar-refractivity contribution in [2.45, 2.75) is 24.4 Å². The molecule has 6 nitrogen and oxygen atoms in total. The third-order valence-electron chi connectivity index (χ3n) is 4.02. The number of aliphatic hydroxyl groups is 4. The van der Waals surface area contributed by atoms with Crippen molar-refractivity contribution >= 4 is 57.8 Å². The number of hydrogen-bond acceptors (Lipinski definition) is 6. The van der Waals surface area contributed by atoms with Crippen molar-refractivity contribution in [3.8, 4) is 0 Å². The van der Waals surface area contributed by atoms with Crippen LogP contribution in [0.3, 0.4) is 0 Å². The molecule has 1 aromatic carbocycles. The van der Waals surface area contributed by atoms with Crippen LogP contribution in [0.2, 0.25) is 0 Å². The summed E-state index contributed by atoms with van der Waals surface area (Å²) in [5.41, 5.74) is 1.54. The molecule has 10 heteroatoms. The first-order chi connectivity index (χ1) is 13.3. The lowest BCUT2D eigenvalue weighted by atomic mass is 10.2. The van der Waals surface area contributed by atoms with Crippen LogP contribution in [0.25, 0.3) is 0 Å². The Morgan fingerprint density at radius 1 is 0.536 bits per heavy atom. The molecule has 4 N–H and O–H groups in total. The van der Waals surface area contributed by atoms with Gasteiger partial charge in [0.05, 0.1) is 47.9 Å². The van der Waals surface area contributed by atoms with Gasteiger partial charge in [-0.05, 0) is 24.3 Å². The molecule has 0 aliphatic heterocycles. The number of hydrogen-bond donors (Lipinski definition) is 4. The summed E-state index contributed by atoms with van der Waals surface area (Å²) in [6.07, 6.45) is -3.01. The minimum Gasteiger partial charge on any atom is -0.390 e. The van der Waals surface area contributed by atoms with E-state index in [2.05, 4.69) is 0 Å². The highest BCUT2D eigenvalue weighted by Crippen LogP contribution is 2.22. The molecule has 0 saturated heterocycles. The Hall–Kier alpha value is -0.180. The van der Waals surface area contributed by atoms with Crippen LogP contribution in [0.1, 0.15) is 0 Å². The second kappa shape index (κ2) is 13.9. The summed E-state index contributed by atoms with van der Waals surface area (Å²) in [7, 11) is 0. The van der Waals surface area contributed by atoms with E-state index >= 15 is 0 Å². The topological polar surface area (TPSA) is 87.4 Å². The van der Waals surface area contributed by atoms with Gasteiger partial charge in [-0.2, -0.15) is 0 Å². The van der Waals surface area contributed by atoms with Gasteiger partial charge >= 0.3 is 0 Å². The first-order valence-electron chi connectivity index (χ1n) is 8.90. The Labute approximate surface area is 186 Å². The zero-order valence-electron chi connectivity index (χ0n) is 15.5. The van der Waals surface area contributed by atoms with Gasteiger partial charge in [0.2, 0.25) is 0 Å². The lowest BCUT2D eigenvalue weighted by Crippen LogP contribution is -2.40. The van der Waals surface area contributed by atoms with Crippen LogP contribution in [0, 0.1) is 0 Å². The highest BCUT2D eigenvalue weighted by Gasteiger charge is 2.18. The second-order valence-electron chi connectivity index (χ2n) is 6.56. The van der Waals surface area contributed by atoms with Crippen molar-refractivity contribution in [2.24, 2.45) is 0 Å². The molecule has 0 saturated carbocycles. The minimum atomic E-state index is -0.752. The van der Waals surface area contributed by atoms with E-state index < -0.39 is 24.4 Å². The van der Waals surface area contributed by atoms with E-state index in [1.807, 2.05) is 24.3 Å². The van der Waals surface area contributed by atoms with E-state index in [0.29, 0.717) is 0 Å². The average molecular weight is 478 g/mol. The molecule has 4 unspecified atom stereocenters. The lowest BCUT2D eigenvalue weighted by molar-refractivity contribution is 0.180. The Kier molecular flexibility index (Phi) is 12.9. The summed E-state index contributed by atoms with van der Waals surface area (Å²) in [4.78, 5) is 3.60. The average Bonchev–Trinajstić information content (AvgIpc) is 2.72. The third kappa shape index (κ3) is 9.09. The molecule has 0 heterocycles. The maximum atomic E-state index is 9.89. The van der Waals surface area contributed by atoms with E-state index in [1.54, 1.807) is 9.80 Å². The van der Waals surface area contributed by atoms with E-state index in [9.17, 15) is 20.4 Å². The Balaban J connectivity index is 3.00. The molecule has 0 fully saturated rings. The van der Waals surface area contributed by atoms with Crippen LogP contribution in [0.15, 0.2) is 24.3 Å². The first kappa shape index (κ1) is 25.9. The molecule has 1 rings (SSSR count). The van der Waals surface area contributed by atoms with Crippen molar-refractivity contribution < 1.29 is 20.4 Å². The maximum absolute atomic E-state index is 9.89. The predicted octanol–water partition coefficient (Wildman–Crippen LogP) is 1.70. The molecule has 0 amide bonds. The highest BCUT2D eigenvalue weighted by molar-refractivity contribution is 6.18. The van der Waals surface area contributed by atoms with Crippen molar-refractivity contribution in [3.05, 3.63) is 24.3 Å². The van der Waals surface area contributed by atoms with Gasteiger partial charge in [0.1, 0.15) is 0 Å². The van der Waals surface area contributed by atoms with Crippen LogP contribution in [0.4, 0.5) is 11.4 Å². The van der Waals surface area contributed by atoms with Crippen molar-refractivity contribution in [1.29, 1.82) is 0 Å². The Morgan fingerprint density at radius 2 is 0.750 bits per heavy atom. The smallest absolute Gasteiger partial charge is 0.0850 e. The molecule has 0 radical (unpaired) electrons. The maximum Gasteiger partial charge on any atom is 0.0850 e. The number of aliphatic hydroxyl groups excluding tert-OH is 4. The first-order valence-corrected chi connectivity index (χ1v) is 11.0. The monoisotopic (exact) mass is 476 g/mol. The van der Waals surface area contributed by atoms with Crippen LogP contribution >= 0.6 is 46.4 Å². The summed E-state index contributed by atoms with van der Waals surface area (Å²) in [5, 5.41) is 39.6. The Morgan fingerprint density at radius 3 is 0.929 bits per heavy atom. The number of halogens is 4. The van der Waals surface area contributed by atoms with Crippen LogP contribution in [-0.2, 0) is 0 Å². The summed E-state index contributed by atoms with van der Waals surface area (Å²) >= 11 is 22.8. The van der Waals surface area contributed by atoms with Gasteiger partial charge in [-0.15, -0.1) is 46.4 Å². The fraction of sp³-hybridized carbons (Fsp3) is 0.667. The van der Waals surface area contributed by atoms with Gasteiger partial charge in [0, 0.05) is 37.6 Å². The molecule has 0 aliphatic carbocycles. The largest absolute Gasteiger partial charge is 0.390 e. The van der Waals surface area contributed by atoms with Gasteiger partial charge in [0.15, 0.2) is 0 Å². The molecule has 162 valence electrons. The fourth-order valence-corrected chi connectivity index (χ4v) is 3.05. The third-order valence-corrected chi connectivity index (χ3v) is 5.44. The van der Waals surface area contributed by atoms with Crippen molar-refractivity contribution in [3.63, 3.8) is 0 Å². The minimum absolute atomic E-state index is 0.0754. The number of alkyl halides is 4. The number of benzene rings is 1. The van der Waals surface area contributed by atoms with Gasteiger partial charge in [-0.25, -0.2) is 0 Å². The SMILES string of the molecule is OC(CCl)CN(CC(O)CCl)c1ccc(N(CC(O)CCl)CC(O)CCl)cc1. The summed E-state index contributed by atoms with van der Waals surface area (Å²) in [6, 6.07) is 7.30. The van der Waals surface area contributed by atoms with Crippen LogP contribution in [0.5, 0.6) is 0 Å². The summed E-state index contributed by atoms with van der Waals surface area (Å²) in [6.45, 7) is 0.986. The Bertz CT molecular complexity index is 470. The predicted molar refractivity (Wildman–Crippen MR) is 118 cm³/mol. The van der Waals surface area contributed by atoms with Gasteiger partial charge in [-0.3, -0.25) is 0 Å². The number of anilines is 2. The fourth-order valence-electron chi connectivity index (χ4n) is 2.66. The van der Waals surface area contributed by atoms with E-state index in [1.165, 1.54) is 0 Å². The van der Waals surface area contributed by atoms with E-state index in [0.717, 1.165) is 11.4 Å². The zero-order valence-corrected chi connectivity index (χ0v) is 18.5. The van der Waals surface area contributed by atoms with Crippen LogP contribution < -0.4 is 9.80 Å². The summed E-state index contributed by atoms with van der Waals surface area (Å²) in [5.74, 6) is 0.301. The summed E-state index contributed by atoms with van der Waals surface area (Å²) < 4.78 is 0. The molecule has 0 aliphatic rings. The van der Waals surface area contributed by atoms with Crippen molar-refractivity contribution in [2.75, 3.05) is 59.5 Å². The van der Waals surface area contributed by atoms with Gasteiger partial charge < -0.3 is 30.2 Å². The molecule has 0 bridgehead atoms. The number of rotatable bonds is 14. The van der Waals surface area contributed by atoms with Crippen LogP contribution in [-0.4, -0.2) is 94.5 Å². The molecule has 1 aromatic rings. The number of nitrogens with zero attached hydrogens (tertiary/aromatic N) is 2. The van der Waals surface area contributed by atoms with Gasteiger partial charge in [0.25, 0.3) is 0 Å². The molecule has 0 aromatic heterocycles. The van der Waals surface area contributed by atoms with E-state index in [4.69, 9.17) is 46.4 Å². The highest BCUT2D eigenvalue weighted by atomic mass is 35.5. The molecule has 28 heavy (non-hydrogen) atoms. The second-order valence-corrected chi connectivity index (χ2v) is 7.79.